The zero-order chi connectivity index (χ0) is 12.1. The van der Waals surface area contributed by atoms with E-state index in [1.54, 1.807) is 24.7 Å². The van der Waals surface area contributed by atoms with Crippen LogP contribution in [0.15, 0.2) is 35.5 Å². The molecule has 6 heteroatoms. The largest absolute Gasteiger partial charge is 0.396 e. The highest BCUT2D eigenvalue weighted by Gasteiger charge is 2.03. The van der Waals surface area contributed by atoms with Crippen molar-refractivity contribution in [1.82, 2.24) is 19.7 Å². The second-order valence-corrected chi connectivity index (χ2v) is 3.46. The van der Waals surface area contributed by atoms with Crippen LogP contribution < -0.4 is 5.56 Å². The zero-order valence-corrected chi connectivity index (χ0v) is 9.15. The van der Waals surface area contributed by atoms with Gasteiger partial charge in [0.15, 0.2) is 5.82 Å². The van der Waals surface area contributed by atoms with E-state index in [0.717, 1.165) is 0 Å². The van der Waals surface area contributed by atoms with Gasteiger partial charge in [0.1, 0.15) is 0 Å². The summed E-state index contributed by atoms with van der Waals surface area (Å²) in [7, 11) is 0. The molecule has 0 saturated heterocycles. The Hall–Kier alpha value is -2.08. The Morgan fingerprint density at radius 3 is 2.71 bits per heavy atom. The van der Waals surface area contributed by atoms with Crippen LogP contribution in [0.2, 0.25) is 0 Å². The minimum Gasteiger partial charge on any atom is -0.396 e. The molecule has 0 unspecified atom stereocenters. The van der Waals surface area contributed by atoms with Gasteiger partial charge in [-0.2, -0.15) is 5.10 Å². The average molecular weight is 232 g/mol. The normalized spacial score (nSPS) is 10.4. The molecule has 6 nitrogen and oxygen atoms in total. The van der Waals surface area contributed by atoms with E-state index in [9.17, 15) is 4.79 Å². The molecule has 2 rings (SSSR count). The molecule has 0 aromatic carbocycles. The number of aryl methyl sites for hydroxylation is 1. The molecule has 2 heterocycles. The van der Waals surface area contributed by atoms with Crippen LogP contribution >= 0.6 is 0 Å². The first-order chi connectivity index (χ1) is 8.31. The predicted molar refractivity (Wildman–Crippen MR) is 61.2 cm³/mol. The van der Waals surface area contributed by atoms with Crippen molar-refractivity contribution >= 4 is 0 Å². The summed E-state index contributed by atoms with van der Waals surface area (Å²) in [6.07, 6.45) is 5.28. The first kappa shape index (κ1) is 11.4. The van der Waals surface area contributed by atoms with Gasteiger partial charge in [-0.15, -0.1) is 0 Å². The Kier molecular flexibility index (Phi) is 3.56. The van der Waals surface area contributed by atoms with Crippen LogP contribution in [0.3, 0.4) is 0 Å². The highest BCUT2D eigenvalue weighted by atomic mass is 16.3. The van der Waals surface area contributed by atoms with Gasteiger partial charge in [-0.1, -0.05) is 0 Å². The Bertz CT molecular complexity index is 539. The Labute approximate surface area is 97.6 Å². The minimum absolute atomic E-state index is 0.0394. The molecular weight excluding hydrogens is 220 g/mol. The predicted octanol–water partition coefficient (Wildman–Crippen LogP) is 0.0827. The van der Waals surface area contributed by atoms with E-state index >= 15 is 0 Å². The Balaban J connectivity index is 2.28. The van der Waals surface area contributed by atoms with E-state index in [4.69, 9.17) is 5.11 Å². The molecule has 17 heavy (non-hydrogen) atoms. The molecule has 0 aliphatic rings. The quantitative estimate of drug-likeness (QED) is 0.807. The van der Waals surface area contributed by atoms with Gasteiger partial charge in [0.2, 0.25) is 0 Å². The first-order valence-electron chi connectivity index (χ1n) is 5.26. The van der Waals surface area contributed by atoms with Crippen LogP contribution in [-0.2, 0) is 6.54 Å². The lowest BCUT2D eigenvalue weighted by Crippen LogP contribution is -2.22. The number of hydrogen-bond donors (Lipinski definition) is 1. The van der Waals surface area contributed by atoms with Crippen LogP contribution in [0.5, 0.6) is 0 Å². The fraction of sp³-hybridized carbons (Fsp3) is 0.273. The molecule has 0 atom stereocenters. The fourth-order valence-electron chi connectivity index (χ4n) is 1.39. The van der Waals surface area contributed by atoms with Crippen molar-refractivity contribution in [2.45, 2.75) is 13.0 Å². The van der Waals surface area contributed by atoms with Crippen LogP contribution in [0, 0.1) is 0 Å². The third-order valence-corrected chi connectivity index (χ3v) is 2.22. The van der Waals surface area contributed by atoms with E-state index in [-0.39, 0.29) is 12.2 Å². The van der Waals surface area contributed by atoms with Gasteiger partial charge in [-0.05, 0) is 12.5 Å². The van der Waals surface area contributed by atoms with Gasteiger partial charge in [0.25, 0.3) is 5.56 Å². The van der Waals surface area contributed by atoms with Gasteiger partial charge in [0.05, 0.1) is 6.20 Å². The molecular formula is C11H12N4O2. The Morgan fingerprint density at radius 1 is 1.29 bits per heavy atom. The van der Waals surface area contributed by atoms with Crippen molar-refractivity contribution in [2.75, 3.05) is 6.61 Å². The van der Waals surface area contributed by atoms with Crippen LogP contribution in [0.1, 0.15) is 6.42 Å². The van der Waals surface area contributed by atoms with Crippen molar-refractivity contribution < 1.29 is 5.11 Å². The maximum Gasteiger partial charge on any atom is 0.267 e. The monoisotopic (exact) mass is 232 g/mol. The zero-order valence-electron chi connectivity index (χ0n) is 9.15. The van der Waals surface area contributed by atoms with Crippen molar-refractivity contribution in [3.05, 3.63) is 41.1 Å². The second-order valence-electron chi connectivity index (χ2n) is 3.46. The smallest absolute Gasteiger partial charge is 0.267 e. The molecule has 0 spiro atoms. The highest BCUT2D eigenvalue weighted by molar-refractivity contribution is 5.51. The van der Waals surface area contributed by atoms with E-state index in [2.05, 4.69) is 15.1 Å². The lowest BCUT2D eigenvalue weighted by Gasteiger charge is -2.03. The topological polar surface area (TPSA) is 80.9 Å². The summed E-state index contributed by atoms with van der Waals surface area (Å²) in [4.78, 5) is 19.8. The molecule has 0 bridgehead atoms. The number of nitrogens with zero attached hydrogens (tertiary/aromatic N) is 4. The summed E-state index contributed by atoms with van der Waals surface area (Å²) in [6, 6.07) is 3.15. The van der Waals surface area contributed by atoms with Gasteiger partial charge >= 0.3 is 0 Å². The summed E-state index contributed by atoms with van der Waals surface area (Å²) < 4.78 is 1.31. The van der Waals surface area contributed by atoms with Gasteiger partial charge in [-0.3, -0.25) is 4.79 Å². The summed E-state index contributed by atoms with van der Waals surface area (Å²) >= 11 is 0. The van der Waals surface area contributed by atoms with Crippen molar-refractivity contribution in [3.63, 3.8) is 0 Å². The molecule has 0 radical (unpaired) electrons. The highest BCUT2D eigenvalue weighted by Crippen LogP contribution is 2.08. The molecule has 0 amide bonds. The molecule has 2 aromatic heterocycles. The van der Waals surface area contributed by atoms with E-state index in [1.807, 2.05) is 0 Å². The van der Waals surface area contributed by atoms with E-state index < -0.39 is 0 Å². The van der Waals surface area contributed by atoms with Crippen LogP contribution in [-0.4, -0.2) is 31.5 Å². The van der Waals surface area contributed by atoms with Crippen LogP contribution in [0.25, 0.3) is 11.4 Å². The van der Waals surface area contributed by atoms with E-state index in [1.165, 1.54) is 10.7 Å². The molecule has 88 valence electrons. The van der Waals surface area contributed by atoms with E-state index in [0.29, 0.717) is 24.4 Å². The number of rotatable bonds is 4. The first-order valence-corrected chi connectivity index (χ1v) is 5.26. The second kappa shape index (κ2) is 5.31. The number of aliphatic hydroxyl groups excluding tert-OH is 1. The van der Waals surface area contributed by atoms with Crippen molar-refractivity contribution in [1.29, 1.82) is 0 Å². The summed E-state index contributed by atoms with van der Waals surface area (Å²) in [5.74, 6) is 0.478. The van der Waals surface area contributed by atoms with Crippen LogP contribution in [0.4, 0.5) is 0 Å². The summed E-state index contributed by atoms with van der Waals surface area (Å²) in [6.45, 7) is 0.447. The maximum absolute atomic E-state index is 11.7. The summed E-state index contributed by atoms with van der Waals surface area (Å²) in [5, 5.41) is 12.7. The van der Waals surface area contributed by atoms with Gasteiger partial charge in [0, 0.05) is 37.2 Å². The van der Waals surface area contributed by atoms with Gasteiger partial charge < -0.3 is 5.11 Å². The van der Waals surface area contributed by atoms with Crippen molar-refractivity contribution in [3.8, 4) is 11.4 Å². The summed E-state index contributed by atoms with van der Waals surface area (Å²) in [5.41, 5.74) is 0.374. The number of hydrogen-bond acceptors (Lipinski definition) is 5. The lowest BCUT2D eigenvalue weighted by molar-refractivity contribution is 0.275. The minimum atomic E-state index is -0.219. The number of aliphatic hydroxyl groups is 1. The maximum atomic E-state index is 11.7. The van der Waals surface area contributed by atoms with Crippen molar-refractivity contribution in [2.24, 2.45) is 0 Å². The standard InChI is InChI=1S/C11H12N4O2/c16-6-2-5-15-10(17)7-9(8-14-15)11-12-3-1-4-13-11/h1,3-4,7-8,16H,2,5-6H2. The molecule has 0 aliphatic carbocycles. The number of aromatic nitrogens is 4. The third kappa shape index (κ3) is 2.73. The Morgan fingerprint density at radius 2 is 2.06 bits per heavy atom. The molecule has 0 aliphatic heterocycles. The molecule has 2 aromatic rings. The van der Waals surface area contributed by atoms with Gasteiger partial charge in [-0.25, -0.2) is 14.6 Å². The average Bonchev–Trinajstić information content (AvgIpc) is 2.38. The third-order valence-electron chi connectivity index (χ3n) is 2.22. The SMILES string of the molecule is O=c1cc(-c2ncccn2)cnn1CCCO. The lowest BCUT2D eigenvalue weighted by atomic mass is 10.3. The molecule has 1 N–H and O–H groups in total. The molecule has 0 fully saturated rings. The molecule has 0 saturated carbocycles. The fourth-order valence-corrected chi connectivity index (χ4v) is 1.39.